The Bertz CT molecular complexity index is 951. The van der Waals surface area contributed by atoms with Crippen LogP contribution >= 0.6 is 11.8 Å². The van der Waals surface area contributed by atoms with Crippen molar-refractivity contribution in [2.75, 3.05) is 5.75 Å². The van der Waals surface area contributed by atoms with Gasteiger partial charge in [0, 0.05) is 16.5 Å². The minimum Gasteiger partial charge on any atom is -0.287 e. The maximum Gasteiger partial charge on any atom is 0.391 e. The lowest BCUT2D eigenvalue weighted by Crippen LogP contribution is -2.86. The molecule has 0 spiro atoms. The molecule has 0 aliphatic heterocycles. The number of aryl methyl sites for hydroxylation is 1. The summed E-state index contributed by atoms with van der Waals surface area (Å²) < 4.78 is 4.40. The zero-order chi connectivity index (χ0) is 19.9. The summed E-state index contributed by atoms with van der Waals surface area (Å²) in [5.41, 5.74) is 14.7. The lowest BCUT2D eigenvalue weighted by molar-refractivity contribution is -0.533. The van der Waals surface area contributed by atoms with Gasteiger partial charge in [-0.3, -0.25) is 11.2 Å². The SMILES string of the molecule is CCCCSc1ccc2n(C)c(-c3ccc(CN[NH+]=C(N)NO)cc3)c[n+]2c1. The highest BCUT2D eigenvalue weighted by Crippen LogP contribution is 2.23. The summed E-state index contributed by atoms with van der Waals surface area (Å²) in [5.74, 6) is 1.21. The summed E-state index contributed by atoms with van der Waals surface area (Å²) >= 11 is 1.91. The Morgan fingerprint density at radius 3 is 2.71 bits per heavy atom. The molecule has 7 nitrogen and oxygen atoms in total. The van der Waals surface area contributed by atoms with E-state index in [2.05, 4.69) is 82.3 Å². The fourth-order valence-corrected chi connectivity index (χ4v) is 3.99. The van der Waals surface area contributed by atoms with Crippen LogP contribution in [-0.2, 0) is 13.6 Å². The first-order valence-electron chi connectivity index (χ1n) is 9.36. The van der Waals surface area contributed by atoms with Gasteiger partial charge in [0.05, 0.1) is 13.6 Å². The van der Waals surface area contributed by atoms with E-state index in [1.165, 1.54) is 17.7 Å². The molecule has 3 aromatic rings. The van der Waals surface area contributed by atoms with E-state index in [4.69, 9.17) is 10.9 Å². The van der Waals surface area contributed by atoms with Crippen LogP contribution in [-0.4, -0.2) is 21.5 Å². The number of imidazole rings is 1. The average Bonchev–Trinajstić information content (AvgIpc) is 3.04. The van der Waals surface area contributed by atoms with Crippen LogP contribution in [0.3, 0.4) is 0 Å². The van der Waals surface area contributed by atoms with Crippen LogP contribution in [0.2, 0.25) is 0 Å². The molecular weight excluding hydrogens is 372 g/mol. The van der Waals surface area contributed by atoms with E-state index in [9.17, 15) is 0 Å². The van der Waals surface area contributed by atoms with Gasteiger partial charge in [-0.1, -0.05) is 37.6 Å². The Kier molecular flexibility index (Phi) is 6.78. The number of hydrogen-bond donors (Lipinski definition) is 5. The van der Waals surface area contributed by atoms with Gasteiger partial charge >= 0.3 is 5.96 Å². The average molecular weight is 401 g/mol. The van der Waals surface area contributed by atoms with Gasteiger partial charge < -0.3 is 0 Å². The molecule has 3 rings (SSSR count). The maximum absolute atomic E-state index is 8.63. The molecule has 0 unspecified atom stereocenters. The number of hydrazine groups is 1. The van der Waals surface area contributed by atoms with Gasteiger partial charge in [0.1, 0.15) is 12.4 Å². The number of hydroxylamine groups is 1. The van der Waals surface area contributed by atoms with E-state index >= 15 is 0 Å². The summed E-state index contributed by atoms with van der Waals surface area (Å²) in [5, 5.41) is 11.3. The second-order valence-corrected chi connectivity index (χ2v) is 7.77. The Morgan fingerprint density at radius 1 is 1.21 bits per heavy atom. The van der Waals surface area contributed by atoms with Crippen LogP contribution in [0.15, 0.2) is 53.7 Å². The topological polar surface area (TPSA) is 93.3 Å². The summed E-state index contributed by atoms with van der Waals surface area (Å²) in [4.78, 5) is 1.30. The number of nitrogens with two attached hydrogens (primary N) is 1. The first-order chi connectivity index (χ1) is 13.6. The first-order valence-corrected chi connectivity index (χ1v) is 10.3. The largest absolute Gasteiger partial charge is 0.391 e. The molecular formula is C20H28N6OS+2. The number of rotatable bonds is 8. The zero-order valence-electron chi connectivity index (χ0n) is 16.3. The molecule has 0 aliphatic rings. The van der Waals surface area contributed by atoms with Gasteiger partial charge in [-0.05, 0) is 23.8 Å². The highest BCUT2D eigenvalue weighted by molar-refractivity contribution is 7.99. The van der Waals surface area contributed by atoms with Gasteiger partial charge in [0.15, 0.2) is 5.69 Å². The molecule has 6 N–H and O–H groups in total. The number of thioether (sulfide) groups is 1. The van der Waals surface area contributed by atoms with Gasteiger partial charge in [-0.25, -0.2) is 14.2 Å². The third-order valence-corrected chi connectivity index (χ3v) is 5.61. The molecule has 0 bridgehead atoms. The van der Waals surface area contributed by atoms with Crippen molar-refractivity contribution >= 4 is 23.4 Å². The molecule has 0 radical (unpaired) electrons. The summed E-state index contributed by atoms with van der Waals surface area (Å²) in [6.07, 6.45) is 6.85. The summed E-state index contributed by atoms with van der Waals surface area (Å²) in [6, 6.07) is 12.7. The molecule has 0 saturated carbocycles. The Balaban J connectivity index is 1.76. The van der Waals surface area contributed by atoms with Crippen LogP contribution in [0.5, 0.6) is 0 Å². The third kappa shape index (κ3) is 4.76. The fraction of sp³-hybridized carbons (Fsp3) is 0.300. The molecule has 148 valence electrons. The molecule has 1 aromatic carbocycles. The van der Waals surface area contributed by atoms with Crippen molar-refractivity contribution in [3.63, 3.8) is 0 Å². The predicted octanol–water partition coefficient (Wildman–Crippen LogP) is 0.702. The number of nitrogens with one attached hydrogen (secondary N) is 3. The monoisotopic (exact) mass is 400 g/mol. The molecule has 2 aromatic heterocycles. The van der Waals surface area contributed by atoms with E-state index < -0.39 is 0 Å². The van der Waals surface area contributed by atoms with Crippen molar-refractivity contribution in [3.05, 3.63) is 54.4 Å². The predicted molar refractivity (Wildman–Crippen MR) is 112 cm³/mol. The van der Waals surface area contributed by atoms with Gasteiger partial charge in [0.2, 0.25) is 0 Å². The number of fused-ring (bicyclic) bond motifs is 1. The molecule has 8 heteroatoms. The standard InChI is InChI=1S/C20H27N6OS/c1-3-4-11-28-17-9-10-19-25(2)18(14-26(19)13-17)16-7-5-15(6-8-16)12-22-23-20(21)24-27/h5-10,13-14,22,27H,3-4,11-12H2,1-2H3,(H3,21,23,24)/q+1/p+1. The molecule has 0 saturated heterocycles. The summed E-state index contributed by atoms with van der Waals surface area (Å²) in [6.45, 7) is 2.80. The maximum atomic E-state index is 8.63. The van der Waals surface area contributed by atoms with Crippen molar-refractivity contribution < 1.29 is 14.7 Å². The molecule has 0 atom stereocenters. The van der Waals surface area contributed by atoms with E-state index in [0.717, 1.165) is 28.2 Å². The van der Waals surface area contributed by atoms with E-state index in [1.54, 1.807) is 0 Å². The van der Waals surface area contributed by atoms with Crippen LogP contribution < -0.4 is 26.1 Å². The minimum absolute atomic E-state index is 0.0522. The van der Waals surface area contributed by atoms with Crippen molar-refractivity contribution in [2.24, 2.45) is 12.8 Å². The molecule has 28 heavy (non-hydrogen) atoms. The van der Waals surface area contributed by atoms with Crippen molar-refractivity contribution in [3.8, 4) is 11.3 Å². The normalized spacial score (nSPS) is 11.8. The first kappa shape index (κ1) is 20.0. The van der Waals surface area contributed by atoms with Crippen LogP contribution in [0, 0.1) is 0 Å². The van der Waals surface area contributed by atoms with Crippen LogP contribution in [0.25, 0.3) is 16.9 Å². The number of unbranched alkanes of at least 4 members (excludes halogenated alkanes) is 1. The number of hydrogen-bond acceptors (Lipinski definition) is 3. The number of pyridine rings is 1. The van der Waals surface area contributed by atoms with Crippen LogP contribution in [0.1, 0.15) is 25.3 Å². The van der Waals surface area contributed by atoms with Crippen molar-refractivity contribution in [1.29, 1.82) is 0 Å². The van der Waals surface area contributed by atoms with E-state index in [0.29, 0.717) is 6.54 Å². The molecule has 2 heterocycles. The smallest absolute Gasteiger partial charge is 0.287 e. The third-order valence-electron chi connectivity index (χ3n) is 4.55. The number of guanidine groups is 1. The van der Waals surface area contributed by atoms with Gasteiger partial charge in [-0.2, -0.15) is 5.10 Å². The van der Waals surface area contributed by atoms with Gasteiger partial charge in [-0.15, -0.1) is 17.2 Å². The Labute approximate surface area is 169 Å². The number of hydrazone groups is 1. The van der Waals surface area contributed by atoms with Crippen molar-refractivity contribution in [1.82, 2.24) is 15.5 Å². The van der Waals surface area contributed by atoms with E-state index in [-0.39, 0.29) is 5.96 Å². The summed E-state index contributed by atoms with van der Waals surface area (Å²) in [7, 11) is 2.09. The van der Waals surface area contributed by atoms with Crippen molar-refractivity contribution in [2.45, 2.75) is 31.2 Å². The highest BCUT2D eigenvalue weighted by atomic mass is 32.2. The quantitative estimate of drug-likeness (QED) is 0.0959. The highest BCUT2D eigenvalue weighted by Gasteiger charge is 2.16. The Hall–Kier alpha value is -2.71. The number of benzene rings is 1. The zero-order valence-corrected chi connectivity index (χ0v) is 17.1. The number of nitrogens with zero attached hydrogens (tertiary/aromatic N) is 2. The van der Waals surface area contributed by atoms with Gasteiger partial charge in [0.25, 0.3) is 5.65 Å². The minimum atomic E-state index is 0.0522. The second kappa shape index (κ2) is 9.48. The number of aromatic nitrogens is 2. The molecule has 0 aliphatic carbocycles. The fourth-order valence-electron chi connectivity index (χ4n) is 2.97. The van der Waals surface area contributed by atoms with E-state index in [1.807, 2.05) is 17.2 Å². The lowest BCUT2D eigenvalue weighted by Gasteiger charge is -2.02. The lowest BCUT2D eigenvalue weighted by atomic mass is 10.1. The Morgan fingerprint density at radius 2 is 2.00 bits per heavy atom. The molecule has 0 fully saturated rings. The second-order valence-electron chi connectivity index (χ2n) is 6.61. The van der Waals surface area contributed by atoms with Crippen LogP contribution in [0.4, 0.5) is 0 Å². The molecule has 0 amide bonds.